The Balaban J connectivity index is 1.14. The Bertz CT molecular complexity index is 3710. The lowest BCUT2D eigenvalue weighted by Crippen LogP contribution is -2.78. The Morgan fingerprint density at radius 2 is 1.10 bits per heavy atom. The van der Waals surface area contributed by atoms with Gasteiger partial charge in [0.05, 0.1) is 5.56 Å². The van der Waals surface area contributed by atoms with Crippen LogP contribution in [0, 0.1) is 19.3 Å². The fraction of sp³-hybridized carbons (Fsp3) is 0.156. The van der Waals surface area contributed by atoms with Crippen molar-refractivity contribution in [3.8, 4) is 89.7 Å². The highest BCUT2D eigenvalue weighted by atomic mass is 16.5. The molecule has 0 bridgehead atoms. The first-order chi connectivity index (χ1) is 32.9. The molecule has 0 saturated heterocycles. The van der Waals surface area contributed by atoms with Crippen LogP contribution < -0.4 is 13.9 Å². The number of rotatable bonds is 6. The van der Waals surface area contributed by atoms with Crippen molar-refractivity contribution < 1.29 is 13.9 Å². The fourth-order valence-electron chi connectivity index (χ4n) is 11.4. The highest BCUT2D eigenvalue weighted by Gasteiger charge is 2.68. The van der Waals surface area contributed by atoms with Crippen LogP contribution >= 0.6 is 0 Å². The van der Waals surface area contributed by atoms with Gasteiger partial charge < -0.3 is 4.74 Å². The fourth-order valence-corrected chi connectivity index (χ4v) is 11.4. The highest BCUT2D eigenvalue weighted by molar-refractivity contribution is 6.00. The maximum absolute atomic E-state index is 7.92. The summed E-state index contributed by atoms with van der Waals surface area (Å²) in [6, 6.07) is 69.6. The first-order valence-electron chi connectivity index (χ1n) is 24.0. The van der Waals surface area contributed by atoms with E-state index in [1.807, 2.05) is 0 Å². The molecule has 1 unspecified atom stereocenters. The number of aromatic nitrogens is 3. The van der Waals surface area contributed by atoms with Gasteiger partial charge in [0.15, 0.2) is 23.0 Å². The summed E-state index contributed by atoms with van der Waals surface area (Å²) in [5.41, 5.74) is 23.4. The van der Waals surface area contributed by atoms with Crippen LogP contribution in [0.1, 0.15) is 56.9 Å². The van der Waals surface area contributed by atoms with E-state index in [2.05, 4.69) is 256 Å². The number of ether oxygens (including phenoxy) is 1. The Labute approximate surface area is 399 Å². The molecule has 0 aliphatic carbocycles. The number of hydrogen-bond acceptors (Lipinski definition) is 1. The van der Waals surface area contributed by atoms with Gasteiger partial charge in [-0.3, -0.25) is 0 Å². The number of nitrogens with zero attached hydrogens (tertiary/aromatic N) is 3. The third-order valence-electron chi connectivity index (χ3n) is 15.8. The zero-order valence-electron chi connectivity index (χ0n) is 39.7. The van der Waals surface area contributed by atoms with Crippen LogP contribution in [0.25, 0.3) is 95.0 Å². The van der Waals surface area contributed by atoms with Gasteiger partial charge in [0.2, 0.25) is 5.69 Å². The van der Waals surface area contributed by atoms with Crippen LogP contribution in [0.2, 0.25) is 0 Å². The van der Waals surface area contributed by atoms with E-state index < -0.39 is 5.85 Å². The Hall–Kier alpha value is -7.82. The quantitative estimate of drug-likeness (QED) is 0.153. The summed E-state index contributed by atoms with van der Waals surface area (Å²) in [5, 5.41) is 0. The van der Waals surface area contributed by atoms with Gasteiger partial charge in [-0.25, -0.2) is 0 Å². The predicted octanol–water partition coefficient (Wildman–Crippen LogP) is 15.0. The molecule has 1 atom stereocenters. The van der Waals surface area contributed by atoms with Crippen molar-refractivity contribution in [2.45, 2.75) is 59.7 Å². The molecular weight excluding hydrogens is 827 g/mol. The lowest BCUT2D eigenvalue weighted by atomic mass is 9.65. The summed E-state index contributed by atoms with van der Waals surface area (Å²) in [6.07, 6.45) is 2.28. The van der Waals surface area contributed by atoms with Crippen LogP contribution in [0.3, 0.4) is 0 Å². The zero-order chi connectivity index (χ0) is 46.3. The van der Waals surface area contributed by atoms with Crippen molar-refractivity contribution in [2.24, 2.45) is 5.41 Å². The maximum atomic E-state index is 7.92. The number of pyridine rings is 1. The van der Waals surface area contributed by atoms with E-state index >= 15 is 0 Å². The third-order valence-corrected chi connectivity index (χ3v) is 15.8. The first kappa shape index (κ1) is 40.5. The van der Waals surface area contributed by atoms with E-state index in [0.717, 1.165) is 56.2 Å². The van der Waals surface area contributed by atoms with Crippen molar-refractivity contribution in [1.29, 1.82) is 0 Å². The van der Waals surface area contributed by atoms with Crippen molar-refractivity contribution >= 4 is 11.0 Å². The normalized spacial score (nSPS) is 15.2. The van der Waals surface area contributed by atoms with Gasteiger partial charge in [-0.15, -0.1) is 9.13 Å². The van der Waals surface area contributed by atoms with Gasteiger partial charge in [0.1, 0.15) is 16.8 Å². The summed E-state index contributed by atoms with van der Waals surface area (Å²) < 4.78 is 15.5. The third kappa shape index (κ3) is 5.61. The van der Waals surface area contributed by atoms with Gasteiger partial charge in [-0.1, -0.05) is 168 Å². The van der Waals surface area contributed by atoms with Gasteiger partial charge in [0.25, 0.3) is 0 Å². The van der Waals surface area contributed by atoms with E-state index in [9.17, 15) is 0 Å². The number of fused-ring (bicyclic) bond motifs is 5. The Kier molecular flexibility index (Phi) is 8.53. The molecule has 10 aromatic rings. The average Bonchev–Trinajstić information content (AvgIpc) is 3.86. The summed E-state index contributed by atoms with van der Waals surface area (Å²) >= 11 is 0. The minimum absolute atomic E-state index is 0.0314. The average molecular weight is 880 g/mol. The molecule has 8 aromatic carbocycles. The first-order valence-corrected chi connectivity index (χ1v) is 24.0. The number of para-hydroxylation sites is 1. The molecule has 3 aliphatic heterocycles. The van der Waals surface area contributed by atoms with Crippen LogP contribution in [-0.2, 0) is 11.3 Å². The second-order valence-electron chi connectivity index (χ2n) is 20.7. The second kappa shape index (κ2) is 14.3. The van der Waals surface area contributed by atoms with Crippen LogP contribution in [-0.4, -0.2) is 4.57 Å². The Morgan fingerprint density at radius 1 is 0.485 bits per heavy atom. The van der Waals surface area contributed by atoms with Crippen molar-refractivity contribution in [3.05, 3.63) is 217 Å². The highest BCUT2D eigenvalue weighted by Crippen LogP contribution is 2.55. The molecule has 4 nitrogen and oxygen atoms in total. The van der Waals surface area contributed by atoms with Crippen molar-refractivity contribution in [3.63, 3.8) is 0 Å². The summed E-state index contributed by atoms with van der Waals surface area (Å²) in [6.45, 7) is 16.2. The monoisotopic (exact) mass is 879 g/mol. The Morgan fingerprint density at radius 3 is 1.78 bits per heavy atom. The molecule has 0 N–H and O–H groups in total. The molecule has 0 radical (unpaired) electrons. The smallest absolute Gasteiger partial charge is 0.392 e. The van der Waals surface area contributed by atoms with Crippen LogP contribution in [0.15, 0.2) is 194 Å². The number of imidazole rings is 1. The molecule has 5 heterocycles. The molecule has 0 fully saturated rings. The number of benzene rings is 8. The van der Waals surface area contributed by atoms with Gasteiger partial charge >= 0.3 is 11.7 Å². The molecule has 4 heteroatoms. The number of aryl methyl sites for hydroxylation is 2. The SMILES string of the molecule is Cc1cc(C)c2c(c1)-c1n(-c3ccc(C(C)(C)C(C)(C)C)cc3-c3ccccc3)c3cccc4c3[n+]1C1(O2)c2c-4cc(-c3ccccc3)cc2-c2cc(-c3ccc(-c4ccccc4)cc3)cc[n+]21. The van der Waals surface area contributed by atoms with Crippen LogP contribution in [0.5, 0.6) is 5.75 Å². The molecule has 0 saturated carbocycles. The van der Waals surface area contributed by atoms with Crippen LogP contribution in [0.4, 0.5) is 0 Å². The lowest BCUT2D eigenvalue weighted by molar-refractivity contribution is -0.997. The lowest BCUT2D eigenvalue weighted by Gasteiger charge is -2.39. The topological polar surface area (TPSA) is 21.9 Å². The van der Waals surface area contributed by atoms with Gasteiger partial charge in [0, 0.05) is 28.8 Å². The van der Waals surface area contributed by atoms with Crippen molar-refractivity contribution in [1.82, 2.24) is 4.57 Å². The van der Waals surface area contributed by atoms with E-state index in [0.29, 0.717) is 0 Å². The number of hydrogen-bond donors (Lipinski definition) is 0. The van der Waals surface area contributed by atoms with E-state index in [4.69, 9.17) is 4.74 Å². The maximum Gasteiger partial charge on any atom is 0.499 e. The van der Waals surface area contributed by atoms with E-state index in [-0.39, 0.29) is 10.8 Å². The molecule has 328 valence electrons. The minimum atomic E-state index is -1.08. The summed E-state index contributed by atoms with van der Waals surface area (Å²) in [4.78, 5) is 0. The zero-order valence-corrected chi connectivity index (χ0v) is 39.7. The summed E-state index contributed by atoms with van der Waals surface area (Å²) in [5.74, 6) is 0.927. The minimum Gasteiger partial charge on any atom is -0.392 e. The molecule has 0 amide bonds. The molecule has 2 aromatic heterocycles. The largest absolute Gasteiger partial charge is 0.499 e. The van der Waals surface area contributed by atoms with E-state index in [1.165, 1.54) is 66.8 Å². The molecule has 13 rings (SSSR count). The standard InChI is InChI=1S/C64H53N3O/c1-40-34-41(2)60-54(35-40)61-66(55-31-30-49(63(6,7)62(3,4)5)39-51(55)46-22-15-10-16-23-46)56-25-17-24-50-52-36-48(43-20-13-9-14-21-43)37-53-57-38-47(45-28-26-44(27-29-45)42-18-11-8-12-19-42)32-33-65(57)64(68-60,58(52)53)67(61)59(50)56/h8-39H,1-7H3/q+2. The summed E-state index contributed by atoms with van der Waals surface area (Å²) in [7, 11) is 0. The molecule has 68 heavy (non-hydrogen) atoms. The van der Waals surface area contributed by atoms with Gasteiger partial charge in [-0.05, 0) is 123 Å². The van der Waals surface area contributed by atoms with Crippen molar-refractivity contribution in [2.75, 3.05) is 0 Å². The predicted molar refractivity (Wildman–Crippen MR) is 277 cm³/mol. The molecular formula is C64H53N3O+2. The van der Waals surface area contributed by atoms with Gasteiger partial charge in [-0.2, -0.15) is 4.57 Å². The molecule has 1 spiro atoms. The molecule has 3 aliphatic rings. The van der Waals surface area contributed by atoms with E-state index in [1.54, 1.807) is 0 Å². The second-order valence-corrected chi connectivity index (χ2v) is 20.7.